The van der Waals surface area contributed by atoms with Crippen molar-refractivity contribution < 1.29 is 5.11 Å². The number of halogens is 1. The fourth-order valence-corrected chi connectivity index (χ4v) is 3.34. The van der Waals surface area contributed by atoms with E-state index in [0.717, 1.165) is 12.8 Å². The van der Waals surface area contributed by atoms with E-state index < -0.39 is 0 Å². The first-order valence-electron chi connectivity index (χ1n) is 4.73. The van der Waals surface area contributed by atoms with Gasteiger partial charge in [-0.05, 0) is 30.4 Å². The van der Waals surface area contributed by atoms with E-state index in [2.05, 4.69) is 6.07 Å². The number of hydrogen-bond acceptors (Lipinski definition) is 1. The smallest absolute Gasteiger partial charge is 0.119 e. The highest BCUT2D eigenvalue weighted by Crippen LogP contribution is 2.57. The van der Waals surface area contributed by atoms with Crippen molar-refractivity contribution in [2.45, 2.75) is 30.1 Å². The summed E-state index contributed by atoms with van der Waals surface area (Å²) in [5.41, 5.74) is 2.46. The molecule has 2 bridgehead atoms. The molecular formula is C11H11ClO. The standard InChI is InChI=1S/C11H11ClO/c12-9-5-6-4-8(9)7-2-1-3-10(13)11(6)7/h1-3,6,8-9,13H,4-5H2. The first-order chi connectivity index (χ1) is 6.27. The molecule has 1 N–H and O–H groups in total. The number of phenolic OH excluding ortho intramolecular Hbond substituents is 1. The van der Waals surface area contributed by atoms with Crippen molar-refractivity contribution in [3.05, 3.63) is 29.3 Å². The number of fused-ring (bicyclic) bond motifs is 5. The highest BCUT2D eigenvalue weighted by Gasteiger charge is 2.44. The van der Waals surface area contributed by atoms with Gasteiger partial charge in [-0.2, -0.15) is 0 Å². The summed E-state index contributed by atoms with van der Waals surface area (Å²) in [5.74, 6) is 1.48. The van der Waals surface area contributed by atoms with Crippen LogP contribution in [0.3, 0.4) is 0 Å². The average Bonchev–Trinajstić information content (AvgIpc) is 2.61. The highest BCUT2D eigenvalue weighted by molar-refractivity contribution is 6.21. The van der Waals surface area contributed by atoms with Crippen LogP contribution in [0, 0.1) is 0 Å². The van der Waals surface area contributed by atoms with Gasteiger partial charge in [-0.3, -0.25) is 0 Å². The van der Waals surface area contributed by atoms with Crippen molar-refractivity contribution in [2.75, 3.05) is 0 Å². The van der Waals surface area contributed by atoms with E-state index in [1.54, 1.807) is 6.07 Å². The van der Waals surface area contributed by atoms with Crippen molar-refractivity contribution in [2.24, 2.45) is 0 Å². The number of phenols is 1. The lowest BCUT2D eigenvalue weighted by atomic mass is 9.91. The molecule has 13 heavy (non-hydrogen) atoms. The van der Waals surface area contributed by atoms with Crippen molar-refractivity contribution >= 4 is 11.6 Å². The number of alkyl halides is 1. The molecule has 2 aliphatic carbocycles. The Bertz CT molecular complexity index is 361. The molecular weight excluding hydrogens is 184 g/mol. The molecule has 68 valence electrons. The molecule has 1 aromatic carbocycles. The maximum Gasteiger partial charge on any atom is 0.119 e. The number of rotatable bonds is 0. The van der Waals surface area contributed by atoms with Gasteiger partial charge < -0.3 is 5.11 Å². The zero-order valence-electron chi connectivity index (χ0n) is 7.20. The molecule has 0 saturated heterocycles. The third-order valence-electron chi connectivity index (χ3n) is 3.41. The number of hydrogen-bond donors (Lipinski definition) is 1. The average molecular weight is 195 g/mol. The van der Waals surface area contributed by atoms with E-state index in [9.17, 15) is 5.11 Å². The highest BCUT2D eigenvalue weighted by atomic mass is 35.5. The van der Waals surface area contributed by atoms with Crippen molar-refractivity contribution in [1.82, 2.24) is 0 Å². The monoisotopic (exact) mass is 194 g/mol. The summed E-state index contributed by atoms with van der Waals surface area (Å²) < 4.78 is 0. The van der Waals surface area contributed by atoms with E-state index in [-0.39, 0.29) is 0 Å². The Morgan fingerprint density at radius 2 is 2.15 bits per heavy atom. The molecule has 3 unspecified atom stereocenters. The molecule has 0 amide bonds. The molecule has 3 rings (SSSR count). The lowest BCUT2D eigenvalue weighted by Gasteiger charge is -2.19. The van der Waals surface area contributed by atoms with Crippen LogP contribution in [0.15, 0.2) is 18.2 Å². The maximum absolute atomic E-state index is 9.70. The Balaban J connectivity index is 2.21. The largest absolute Gasteiger partial charge is 0.508 e. The predicted octanol–water partition coefficient (Wildman–Crippen LogP) is 2.97. The normalized spacial score (nSPS) is 35.0. The minimum Gasteiger partial charge on any atom is -0.508 e. The van der Waals surface area contributed by atoms with Crippen molar-refractivity contribution in [3.63, 3.8) is 0 Å². The molecule has 0 heterocycles. The molecule has 1 aromatic rings. The molecule has 0 aromatic heterocycles. The summed E-state index contributed by atoms with van der Waals surface area (Å²) in [5, 5.41) is 9.99. The second kappa shape index (κ2) is 2.42. The first-order valence-corrected chi connectivity index (χ1v) is 5.17. The fraction of sp³-hybridized carbons (Fsp3) is 0.455. The number of benzene rings is 1. The van der Waals surface area contributed by atoms with Crippen LogP contribution in [-0.2, 0) is 0 Å². The van der Waals surface area contributed by atoms with E-state index >= 15 is 0 Å². The maximum atomic E-state index is 9.70. The van der Waals surface area contributed by atoms with Crippen LogP contribution >= 0.6 is 11.6 Å². The summed E-state index contributed by atoms with van der Waals surface area (Å²) >= 11 is 6.21. The van der Waals surface area contributed by atoms with E-state index in [4.69, 9.17) is 11.6 Å². The van der Waals surface area contributed by atoms with E-state index in [1.807, 2.05) is 6.07 Å². The molecule has 0 aliphatic heterocycles. The molecule has 1 nitrogen and oxygen atoms in total. The summed E-state index contributed by atoms with van der Waals surface area (Å²) in [7, 11) is 0. The molecule has 0 spiro atoms. The van der Waals surface area contributed by atoms with Crippen molar-refractivity contribution in [1.29, 1.82) is 0 Å². The van der Waals surface area contributed by atoms with E-state index in [1.165, 1.54) is 11.1 Å². The Labute approximate surface area is 82.3 Å². The first kappa shape index (κ1) is 7.69. The molecule has 0 radical (unpaired) electrons. The topological polar surface area (TPSA) is 20.2 Å². The summed E-state index contributed by atoms with van der Waals surface area (Å²) in [6, 6.07) is 5.80. The molecule has 2 aliphatic rings. The Morgan fingerprint density at radius 3 is 3.00 bits per heavy atom. The van der Waals surface area contributed by atoms with Gasteiger partial charge in [0, 0.05) is 16.9 Å². The zero-order chi connectivity index (χ0) is 9.00. The second-order valence-corrected chi connectivity index (χ2v) is 4.63. The zero-order valence-corrected chi connectivity index (χ0v) is 7.96. The van der Waals surface area contributed by atoms with Gasteiger partial charge >= 0.3 is 0 Å². The summed E-state index contributed by atoms with van der Waals surface area (Å²) in [6.45, 7) is 0. The Hall–Kier alpha value is -0.690. The van der Waals surface area contributed by atoms with Crippen LogP contribution in [0.1, 0.15) is 35.8 Å². The minimum atomic E-state index is 0.291. The molecule has 1 fully saturated rings. The van der Waals surface area contributed by atoms with Gasteiger partial charge in [-0.1, -0.05) is 12.1 Å². The quantitative estimate of drug-likeness (QED) is 0.630. The minimum absolute atomic E-state index is 0.291. The summed E-state index contributed by atoms with van der Waals surface area (Å²) in [4.78, 5) is 0. The summed E-state index contributed by atoms with van der Waals surface area (Å²) in [6.07, 6.45) is 2.18. The van der Waals surface area contributed by atoms with Crippen LogP contribution in [0.2, 0.25) is 0 Å². The third-order valence-corrected chi connectivity index (χ3v) is 3.89. The number of aromatic hydroxyl groups is 1. The molecule has 2 heteroatoms. The van der Waals surface area contributed by atoms with Crippen LogP contribution in [0.25, 0.3) is 0 Å². The van der Waals surface area contributed by atoms with Gasteiger partial charge in [0.05, 0.1) is 0 Å². The van der Waals surface area contributed by atoms with Gasteiger partial charge in [0.25, 0.3) is 0 Å². The van der Waals surface area contributed by atoms with Gasteiger partial charge in [0.1, 0.15) is 5.75 Å². The second-order valence-electron chi connectivity index (χ2n) is 4.07. The molecule has 1 saturated carbocycles. The molecule has 3 atom stereocenters. The lowest BCUT2D eigenvalue weighted by molar-refractivity contribution is 0.462. The Morgan fingerprint density at radius 1 is 1.31 bits per heavy atom. The third kappa shape index (κ3) is 0.884. The van der Waals surface area contributed by atoms with Gasteiger partial charge in [-0.25, -0.2) is 0 Å². The van der Waals surface area contributed by atoms with Gasteiger partial charge in [0.2, 0.25) is 0 Å². The Kier molecular flexibility index (Phi) is 1.43. The van der Waals surface area contributed by atoms with Crippen molar-refractivity contribution in [3.8, 4) is 5.75 Å². The van der Waals surface area contributed by atoms with Crippen LogP contribution in [-0.4, -0.2) is 10.5 Å². The predicted molar refractivity (Wildman–Crippen MR) is 52.5 cm³/mol. The van der Waals surface area contributed by atoms with Gasteiger partial charge in [-0.15, -0.1) is 11.6 Å². The van der Waals surface area contributed by atoms with Gasteiger partial charge in [0.15, 0.2) is 0 Å². The SMILES string of the molecule is Oc1cccc2c1C1CC(Cl)C2C1. The van der Waals surface area contributed by atoms with Crippen LogP contribution in [0.4, 0.5) is 0 Å². The van der Waals surface area contributed by atoms with Crippen LogP contribution < -0.4 is 0 Å². The fourth-order valence-electron chi connectivity index (χ4n) is 2.88. The van der Waals surface area contributed by atoms with Crippen LogP contribution in [0.5, 0.6) is 5.75 Å². The van der Waals surface area contributed by atoms with E-state index in [0.29, 0.717) is 23.0 Å². The lowest BCUT2D eigenvalue weighted by Crippen LogP contribution is -2.09.